The van der Waals surface area contributed by atoms with Gasteiger partial charge in [-0.3, -0.25) is 4.79 Å². The highest BCUT2D eigenvalue weighted by atomic mass is 16.3. The van der Waals surface area contributed by atoms with Gasteiger partial charge in [0.15, 0.2) is 0 Å². The zero-order valence-electron chi connectivity index (χ0n) is 14.4. The Morgan fingerprint density at radius 3 is 2.77 bits per heavy atom. The molecule has 3 N–H and O–H groups in total. The number of nitrogens with zero attached hydrogens (tertiary/aromatic N) is 3. The summed E-state index contributed by atoms with van der Waals surface area (Å²) in [6.45, 7) is 2.21. The number of hydrogen-bond donors (Lipinski definition) is 2. The van der Waals surface area contributed by atoms with Crippen LogP contribution in [0.4, 0.5) is 5.82 Å². The van der Waals surface area contributed by atoms with Gasteiger partial charge in [-0.25, -0.2) is 4.68 Å². The van der Waals surface area contributed by atoms with E-state index in [0.29, 0.717) is 47.8 Å². The van der Waals surface area contributed by atoms with Gasteiger partial charge in [-0.1, -0.05) is 18.2 Å². The zero-order valence-corrected chi connectivity index (χ0v) is 14.4. The number of rotatable bonds is 6. The maximum Gasteiger partial charge on any atom is 0.254 e. The third-order valence-corrected chi connectivity index (χ3v) is 4.09. The van der Waals surface area contributed by atoms with Crippen molar-refractivity contribution in [1.29, 1.82) is 5.26 Å². The van der Waals surface area contributed by atoms with Gasteiger partial charge in [-0.15, -0.1) is 0 Å². The van der Waals surface area contributed by atoms with Crippen LogP contribution in [0.25, 0.3) is 5.69 Å². The number of aromatic nitrogens is 2. The smallest absolute Gasteiger partial charge is 0.254 e. The largest absolute Gasteiger partial charge is 0.469 e. The molecule has 0 saturated carbocycles. The number of nitriles is 1. The molecule has 26 heavy (non-hydrogen) atoms. The molecule has 0 fully saturated rings. The minimum Gasteiger partial charge on any atom is -0.469 e. The topological polar surface area (TPSA) is 110 Å². The molecular weight excluding hydrogens is 330 g/mol. The van der Waals surface area contributed by atoms with Crippen molar-refractivity contribution < 1.29 is 9.21 Å². The summed E-state index contributed by atoms with van der Waals surface area (Å²) in [5, 5.41) is 16.7. The molecule has 0 aliphatic carbocycles. The van der Waals surface area contributed by atoms with E-state index in [2.05, 4.69) is 16.5 Å². The molecule has 132 valence electrons. The van der Waals surface area contributed by atoms with Crippen LogP contribution in [0.2, 0.25) is 0 Å². The third kappa shape index (κ3) is 3.44. The average molecular weight is 349 g/mol. The predicted molar refractivity (Wildman–Crippen MR) is 96.8 cm³/mol. The second kappa shape index (κ2) is 7.57. The van der Waals surface area contributed by atoms with E-state index in [9.17, 15) is 10.1 Å². The fraction of sp³-hybridized carbons (Fsp3) is 0.211. The van der Waals surface area contributed by atoms with Crippen LogP contribution in [0, 0.1) is 18.3 Å². The Morgan fingerprint density at radius 2 is 2.12 bits per heavy atom. The summed E-state index contributed by atoms with van der Waals surface area (Å²) in [4.78, 5) is 12.0. The van der Waals surface area contributed by atoms with Gasteiger partial charge in [-0.05, 0) is 38.0 Å². The zero-order chi connectivity index (χ0) is 18.5. The summed E-state index contributed by atoms with van der Waals surface area (Å²) < 4.78 is 6.70. The summed E-state index contributed by atoms with van der Waals surface area (Å²) >= 11 is 0. The van der Waals surface area contributed by atoms with E-state index < -0.39 is 0 Å². The minimum atomic E-state index is -0.175. The molecule has 2 aromatic heterocycles. The van der Waals surface area contributed by atoms with Crippen LogP contribution in [0.1, 0.15) is 33.8 Å². The molecule has 0 aliphatic heterocycles. The van der Waals surface area contributed by atoms with Crippen molar-refractivity contribution in [3.05, 3.63) is 65.2 Å². The molecule has 0 saturated heterocycles. The number of nitrogens with two attached hydrogens (primary N) is 1. The van der Waals surface area contributed by atoms with Crippen molar-refractivity contribution in [2.24, 2.45) is 0 Å². The molecule has 0 spiro atoms. The Kier molecular flexibility index (Phi) is 5.04. The monoisotopic (exact) mass is 349 g/mol. The number of anilines is 1. The molecule has 0 radical (unpaired) electrons. The third-order valence-electron chi connectivity index (χ3n) is 4.09. The molecule has 0 atom stereocenters. The van der Waals surface area contributed by atoms with E-state index in [1.54, 1.807) is 17.7 Å². The maximum atomic E-state index is 12.0. The van der Waals surface area contributed by atoms with E-state index in [1.165, 1.54) is 6.26 Å². The number of furan rings is 1. The Balaban J connectivity index is 1.64. The quantitative estimate of drug-likeness (QED) is 0.665. The van der Waals surface area contributed by atoms with Gasteiger partial charge in [0.05, 0.1) is 23.2 Å². The number of aryl methyl sites for hydroxylation is 2. The van der Waals surface area contributed by atoms with E-state index in [0.717, 1.165) is 5.69 Å². The molecular formula is C19H19N5O2. The molecule has 2 heterocycles. The van der Waals surface area contributed by atoms with E-state index in [1.807, 2.05) is 30.3 Å². The Hall–Kier alpha value is -3.53. The number of amides is 1. The lowest BCUT2D eigenvalue weighted by atomic mass is 10.1. The first-order valence-corrected chi connectivity index (χ1v) is 8.27. The molecule has 0 aliphatic rings. The molecule has 0 bridgehead atoms. The first kappa shape index (κ1) is 17.3. The standard InChI is InChI=1S/C19H19N5O2/c1-13-15(9-11-26-13)19(25)22-10-5-8-17-16(12-20)18(21)24(23-17)14-6-3-2-4-7-14/h2-4,6-7,9,11H,5,8,10,21H2,1H3,(H,22,25). The Labute approximate surface area is 151 Å². The van der Waals surface area contributed by atoms with Crippen molar-refractivity contribution >= 4 is 11.7 Å². The second-order valence-corrected chi connectivity index (χ2v) is 5.82. The fourth-order valence-electron chi connectivity index (χ4n) is 2.71. The lowest BCUT2D eigenvalue weighted by molar-refractivity contribution is 0.0951. The van der Waals surface area contributed by atoms with Gasteiger partial charge in [0.25, 0.3) is 5.91 Å². The average Bonchev–Trinajstić information content (AvgIpc) is 3.22. The molecule has 3 rings (SSSR count). The van der Waals surface area contributed by atoms with Crippen molar-refractivity contribution in [3.63, 3.8) is 0 Å². The lowest BCUT2D eigenvalue weighted by Crippen LogP contribution is -2.25. The van der Waals surface area contributed by atoms with Crippen molar-refractivity contribution in [2.45, 2.75) is 19.8 Å². The highest BCUT2D eigenvalue weighted by Crippen LogP contribution is 2.21. The first-order valence-electron chi connectivity index (χ1n) is 8.27. The van der Waals surface area contributed by atoms with Crippen LogP contribution < -0.4 is 11.1 Å². The van der Waals surface area contributed by atoms with E-state index in [4.69, 9.17) is 10.2 Å². The molecule has 3 aromatic rings. The number of benzene rings is 1. The number of nitrogens with one attached hydrogen (secondary N) is 1. The number of nitrogen functional groups attached to an aromatic ring is 1. The molecule has 0 unspecified atom stereocenters. The van der Waals surface area contributed by atoms with Crippen LogP contribution in [0.5, 0.6) is 0 Å². The Bertz CT molecular complexity index is 950. The number of para-hydroxylation sites is 1. The van der Waals surface area contributed by atoms with Gasteiger partial charge < -0.3 is 15.5 Å². The van der Waals surface area contributed by atoms with Crippen LogP contribution in [-0.4, -0.2) is 22.2 Å². The summed E-state index contributed by atoms with van der Waals surface area (Å²) in [5.74, 6) is 0.737. The Morgan fingerprint density at radius 1 is 1.35 bits per heavy atom. The predicted octanol–water partition coefficient (Wildman–Crippen LogP) is 2.59. The lowest BCUT2D eigenvalue weighted by Gasteiger charge is -2.03. The minimum absolute atomic E-state index is 0.175. The highest BCUT2D eigenvalue weighted by Gasteiger charge is 2.16. The molecule has 1 aromatic carbocycles. The molecule has 7 nitrogen and oxygen atoms in total. The van der Waals surface area contributed by atoms with Gasteiger partial charge in [-0.2, -0.15) is 10.4 Å². The maximum absolute atomic E-state index is 12.0. The fourth-order valence-corrected chi connectivity index (χ4v) is 2.71. The number of hydrogen-bond acceptors (Lipinski definition) is 5. The second-order valence-electron chi connectivity index (χ2n) is 5.82. The number of carbonyl (C=O) groups is 1. The highest BCUT2D eigenvalue weighted by molar-refractivity contribution is 5.94. The van der Waals surface area contributed by atoms with Gasteiger partial charge >= 0.3 is 0 Å². The van der Waals surface area contributed by atoms with E-state index >= 15 is 0 Å². The molecule has 1 amide bonds. The molecule has 7 heteroatoms. The number of carbonyl (C=O) groups excluding carboxylic acids is 1. The summed E-state index contributed by atoms with van der Waals surface area (Å²) in [6, 6.07) is 13.2. The van der Waals surface area contributed by atoms with Crippen LogP contribution >= 0.6 is 0 Å². The van der Waals surface area contributed by atoms with Gasteiger partial charge in [0, 0.05) is 6.54 Å². The first-order chi connectivity index (χ1) is 12.6. The van der Waals surface area contributed by atoms with Crippen molar-refractivity contribution in [2.75, 3.05) is 12.3 Å². The van der Waals surface area contributed by atoms with Crippen LogP contribution in [0.15, 0.2) is 47.1 Å². The van der Waals surface area contributed by atoms with Crippen LogP contribution in [0.3, 0.4) is 0 Å². The van der Waals surface area contributed by atoms with E-state index in [-0.39, 0.29) is 5.91 Å². The normalized spacial score (nSPS) is 10.5. The summed E-state index contributed by atoms with van der Waals surface area (Å²) in [5.41, 5.74) is 8.42. The summed E-state index contributed by atoms with van der Waals surface area (Å²) in [7, 11) is 0. The van der Waals surface area contributed by atoms with Gasteiger partial charge in [0.2, 0.25) is 0 Å². The van der Waals surface area contributed by atoms with Gasteiger partial charge in [0.1, 0.15) is 23.2 Å². The van der Waals surface area contributed by atoms with Crippen molar-refractivity contribution in [3.8, 4) is 11.8 Å². The van der Waals surface area contributed by atoms with Crippen LogP contribution in [-0.2, 0) is 6.42 Å². The summed E-state index contributed by atoms with van der Waals surface area (Å²) in [6.07, 6.45) is 2.67. The van der Waals surface area contributed by atoms with Crippen molar-refractivity contribution in [1.82, 2.24) is 15.1 Å². The SMILES string of the molecule is Cc1occc1C(=O)NCCCc1nn(-c2ccccc2)c(N)c1C#N.